The van der Waals surface area contributed by atoms with Gasteiger partial charge in [0.15, 0.2) is 5.82 Å². The SMILES string of the molecule is CCc1nc(-c2ccccc2NC(=O)CCCc2ccc3c(c2)CC(=O)N3)n[nH]1. The average Bonchev–Trinajstić information content (AvgIpc) is 3.33. The summed E-state index contributed by atoms with van der Waals surface area (Å²) in [4.78, 5) is 28.4. The standard InChI is InChI=1S/C22H23N5O2/c1-2-19-25-22(27-26-19)16-7-3-4-8-18(16)24-20(28)9-5-6-14-10-11-17-15(12-14)13-21(29)23-17/h3-4,7-8,10-12H,2,5-6,9,13H2,1H3,(H,23,29)(H,24,28)(H,25,26,27). The monoisotopic (exact) mass is 389 g/mol. The lowest BCUT2D eigenvalue weighted by Gasteiger charge is -2.09. The number of aromatic nitrogens is 3. The first kappa shape index (κ1) is 18.9. The molecular weight excluding hydrogens is 366 g/mol. The third kappa shape index (κ3) is 4.34. The molecule has 0 saturated heterocycles. The second-order valence-electron chi connectivity index (χ2n) is 7.12. The van der Waals surface area contributed by atoms with E-state index in [9.17, 15) is 9.59 Å². The van der Waals surface area contributed by atoms with E-state index in [-0.39, 0.29) is 11.8 Å². The Hall–Kier alpha value is -3.48. The third-order valence-corrected chi connectivity index (χ3v) is 4.97. The minimum absolute atomic E-state index is 0.0349. The van der Waals surface area contributed by atoms with Gasteiger partial charge in [-0.3, -0.25) is 14.7 Å². The van der Waals surface area contributed by atoms with Crippen molar-refractivity contribution < 1.29 is 9.59 Å². The van der Waals surface area contributed by atoms with Crippen LogP contribution in [0.3, 0.4) is 0 Å². The summed E-state index contributed by atoms with van der Waals surface area (Å²) in [5.41, 5.74) is 4.57. The molecule has 7 nitrogen and oxygen atoms in total. The van der Waals surface area contributed by atoms with E-state index in [0.29, 0.717) is 24.4 Å². The minimum atomic E-state index is -0.0401. The first-order valence-corrected chi connectivity index (χ1v) is 9.84. The number of hydrogen-bond acceptors (Lipinski definition) is 4. The van der Waals surface area contributed by atoms with Crippen molar-refractivity contribution in [2.45, 2.75) is 39.0 Å². The van der Waals surface area contributed by atoms with Crippen molar-refractivity contribution in [3.05, 3.63) is 59.4 Å². The van der Waals surface area contributed by atoms with E-state index in [0.717, 1.165) is 47.5 Å². The fraction of sp³-hybridized carbons (Fsp3) is 0.273. The molecule has 7 heteroatoms. The number of amides is 2. The van der Waals surface area contributed by atoms with Gasteiger partial charge >= 0.3 is 0 Å². The smallest absolute Gasteiger partial charge is 0.228 e. The highest BCUT2D eigenvalue weighted by atomic mass is 16.2. The Morgan fingerprint density at radius 1 is 1.21 bits per heavy atom. The Labute approximate surface area is 168 Å². The molecule has 1 aliphatic rings. The molecule has 2 aromatic carbocycles. The molecule has 0 saturated carbocycles. The van der Waals surface area contributed by atoms with Gasteiger partial charge in [-0.1, -0.05) is 31.2 Å². The van der Waals surface area contributed by atoms with Gasteiger partial charge in [0.1, 0.15) is 5.82 Å². The first-order valence-electron chi connectivity index (χ1n) is 9.84. The summed E-state index contributed by atoms with van der Waals surface area (Å²) in [6.07, 6.45) is 3.14. The molecule has 0 fully saturated rings. The number of hydrogen-bond donors (Lipinski definition) is 3. The van der Waals surface area contributed by atoms with Crippen molar-refractivity contribution in [3.8, 4) is 11.4 Å². The molecule has 148 valence electrons. The van der Waals surface area contributed by atoms with Gasteiger partial charge < -0.3 is 10.6 Å². The summed E-state index contributed by atoms with van der Waals surface area (Å²) in [5.74, 6) is 1.39. The lowest BCUT2D eigenvalue weighted by atomic mass is 10.0. The zero-order chi connectivity index (χ0) is 20.2. The number of benzene rings is 2. The molecule has 1 aliphatic heterocycles. The molecule has 1 aromatic heterocycles. The van der Waals surface area contributed by atoms with Crippen LogP contribution in [0, 0.1) is 0 Å². The average molecular weight is 389 g/mol. The number of nitrogens with one attached hydrogen (secondary N) is 3. The second kappa shape index (κ2) is 8.26. The van der Waals surface area contributed by atoms with Crippen LogP contribution in [0.1, 0.15) is 36.7 Å². The van der Waals surface area contributed by atoms with Crippen molar-refractivity contribution in [3.63, 3.8) is 0 Å². The molecule has 0 spiro atoms. The molecule has 0 bridgehead atoms. The molecular formula is C22H23N5O2. The summed E-state index contributed by atoms with van der Waals surface area (Å²) in [5, 5.41) is 13.0. The van der Waals surface area contributed by atoms with Gasteiger partial charge in [0.25, 0.3) is 0 Å². The van der Waals surface area contributed by atoms with E-state index in [1.165, 1.54) is 0 Å². The molecule has 29 heavy (non-hydrogen) atoms. The first-order chi connectivity index (χ1) is 14.1. The molecule has 2 heterocycles. The summed E-state index contributed by atoms with van der Waals surface area (Å²) in [6, 6.07) is 13.5. The van der Waals surface area contributed by atoms with Gasteiger partial charge in [0.2, 0.25) is 11.8 Å². The molecule has 3 N–H and O–H groups in total. The summed E-state index contributed by atoms with van der Waals surface area (Å²) < 4.78 is 0. The van der Waals surface area contributed by atoms with Crippen LogP contribution in [0.15, 0.2) is 42.5 Å². The maximum Gasteiger partial charge on any atom is 0.228 e. The quantitative estimate of drug-likeness (QED) is 0.576. The minimum Gasteiger partial charge on any atom is -0.326 e. The van der Waals surface area contributed by atoms with E-state index in [4.69, 9.17) is 0 Å². The Kier molecular flexibility index (Phi) is 5.37. The lowest BCUT2D eigenvalue weighted by molar-refractivity contribution is -0.116. The number of carbonyl (C=O) groups excluding carboxylic acids is 2. The Morgan fingerprint density at radius 2 is 2.07 bits per heavy atom. The maximum atomic E-state index is 12.5. The van der Waals surface area contributed by atoms with Gasteiger partial charge in [0, 0.05) is 24.1 Å². The maximum absolute atomic E-state index is 12.5. The topological polar surface area (TPSA) is 99.8 Å². The number of nitrogens with zero attached hydrogens (tertiary/aromatic N) is 2. The van der Waals surface area contributed by atoms with Crippen LogP contribution in [0.2, 0.25) is 0 Å². The predicted octanol–water partition coefficient (Wildman–Crippen LogP) is 3.49. The van der Waals surface area contributed by atoms with Crippen molar-refractivity contribution in [2.24, 2.45) is 0 Å². The summed E-state index contributed by atoms with van der Waals surface area (Å²) >= 11 is 0. The van der Waals surface area contributed by atoms with E-state index in [1.54, 1.807) is 0 Å². The fourth-order valence-electron chi connectivity index (χ4n) is 3.46. The Balaban J connectivity index is 1.35. The van der Waals surface area contributed by atoms with Crippen LogP contribution in [-0.2, 0) is 28.9 Å². The van der Waals surface area contributed by atoms with E-state index in [1.807, 2.05) is 43.3 Å². The molecule has 0 atom stereocenters. The molecule has 4 rings (SSSR count). The van der Waals surface area contributed by atoms with Crippen molar-refractivity contribution >= 4 is 23.2 Å². The third-order valence-electron chi connectivity index (χ3n) is 4.97. The number of anilines is 2. The van der Waals surface area contributed by atoms with Crippen LogP contribution in [0.4, 0.5) is 11.4 Å². The van der Waals surface area contributed by atoms with Gasteiger partial charge in [0.05, 0.1) is 12.1 Å². The zero-order valence-corrected chi connectivity index (χ0v) is 16.3. The van der Waals surface area contributed by atoms with Crippen molar-refractivity contribution in [1.29, 1.82) is 0 Å². The van der Waals surface area contributed by atoms with Crippen LogP contribution < -0.4 is 10.6 Å². The highest BCUT2D eigenvalue weighted by molar-refractivity contribution is 5.99. The van der Waals surface area contributed by atoms with Crippen LogP contribution in [-0.4, -0.2) is 27.0 Å². The summed E-state index contributed by atoms with van der Waals surface area (Å²) in [7, 11) is 0. The molecule has 0 unspecified atom stereocenters. The van der Waals surface area contributed by atoms with Crippen molar-refractivity contribution in [1.82, 2.24) is 15.2 Å². The van der Waals surface area contributed by atoms with E-state index >= 15 is 0 Å². The molecule has 0 radical (unpaired) electrons. The lowest BCUT2D eigenvalue weighted by Crippen LogP contribution is -2.12. The molecule has 0 aliphatic carbocycles. The van der Waals surface area contributed by atoms with Gasteiger partial charge in [-0.15, -0.1) is 0 Å². The zero-order valence-electron chi connectivity index (χ0n) is 16.3. The number of para-hydroxylation sites is 1. The number of H-pyrrole nitrogens is 1. The van der Waals surface area contributed by atoms with Crippen LogP contribution >= 0.6 is 0 Å². The number of aryl methyl sites for hydroxylation is 2. The van der Waals surface area contributed by atoms with Gasteiger partial charge in [-0.2, -0.15) is 5.10 Å². The number of rotatable bonds is 7. The second-order valence-corrected chi connectivity index (χ2v) is 7.12. The van der Waals surface area contributed by atoms with Gasteiger partial charge in [-0.25, -0.2) is 4.98 Å². The normalized spacial score (nSPS) is 12.5. The van der Waals surface area contributed by atoms with Crippen LogP contribution in [0.5, 0.6) is 0 Å². The number of fused-ring (bicyclic) bond motifs is 1. The van der Waals surface area contributed by atoms with E-state index < -0.39 is 0 Å². The van der Waals surface area contributed by atoms with Gasteiger partial charge in [-0.05, 0) is 42.2 Å². The van der Waals surface area contributed by atoms with E-state index in [2.05, 4.69) is 31.9 Å². The Bertz CT molecular complexity index is 1060. The highest BCUT2D eigenvalue weighted by Gasteiger charge is 2.17. The Morgan fingerprint density at radius 3 is 2.90 bits per heavy atom. The largest absolute Gasteiger partial charge is 0.326 e. The highest BCUT2D eigenvalue weighted by Crippen LogP contribution is 2.26. The predicted molar refractivity (Wildman–Crippen MR) is 112 cm³/mol. The fourth-order valence-corrected chi connectivity index (χ4v) is 3.46. The summed E-state index contributed by atoms with van der Waals surface area (Å²) in [6.45, 7) is 2.01. The molecule has 2 amide bonds. The van der Waals surface area contributed by atoms with Crippen LogP contribution in [0.25, 0.3) is 11.4 Å². The number of carbonyl (C=O) groups is 2. The number of aromatic amines is 1. The molecule has 3 aromatic rings. The van der Waals surface area contributed by atoms with Crippen molar-refractivity contribution in [2.75, 3.05) is 10.6 Å².